The van der Waals surface area contributed by atoms with Gasteiger partial charge in [-0.1, -0.05) is 29.8 Å². The van der Waals surface area contributed by atoms with E-state index in [2.05, 4.69) is 0 Å². The maximum Gasteiger partial charge on any atom is 0.229 e. The Labute approximate surface area is 114 Å². The van der Waals surface area contributed by atoms with Crippen LogP contribution in [0.5, 0.6) is 0 Å². The molecule has 0 amide bonds. The molecule has 1 nitrogen and oxygen atoms in total. The number of hydrogen-bond donors (Lipinski definition) is 0. The van der Waals surface area contributed by atoms with Crippen molar-refractivity contribution in [3.63, 3.8) is 0 Å². The average molecular weight is 285 g/mol. The number of carbonyl (C=O) groups excluding carboxylic acids is 1. The number of hydrogen-bond acceptors (Lipinski definition) is 2. The highest BCUT2D eigenvalue weighted by atomic mass is 35.5. The number of benzene rings is 1. The molecule has 1 atom stereocenters. The van der Waals surface area contributed by atoms with Crippen molar-refractivity contribution in [3.05, 3.63) is 57.2 Å². The van der Waals surface area contributed by atoms with Gasteiger partial charge in [0.25, 0.3) is 0 Å². The molecule has 1 aromatic heterocycles. The minimum atomic E-state index is -0.347. The predicted octanol–water partition coefficient (Wildman–Crippen LogP) is 4.49. The summed E-state index contributed by atoms with van der Waals surface area (Å²) in [6, 6.07) is 11.3. The molecule has 17 heavy (non-hydrogen) atoms. The van der Waals surface area contributed by atoms with Gasteiger partial charge in [-0.15, -0.1) is 11.3 Å². The van der Waals surface area contributed by atoms with E-state index in [1.165, 1.54) is 0 Å². The molecule has 2 rings (SSSR count). The fourth-order valence-electron chi connectivity index (χ4n) is 1.68. The minimum absolute atomic E-state index is 0.325. The van der Waals surface area contributed by atoms with Crippen LogP contribution in [-0.4, -0.2) is 5.24 Å². The van der Waals surface area contributed by atoms with Crippen LogP contribution < -0.4 is 0 Å². The van der Waals surface area contributed by atoms with Gasteiger partial charge in [0.1, 0.15) is 0 Å². The molecule has 4 heteroatoms. The van der Waals surface area contributed by atoms with E-state index in [0.717, 1.165) is 10.4 Å². The SMILES string of the molecule is O=C(Cl)C(Cc1cccs1)c1cccc(Cl)c1. The lowest BCUT2D eigenvalue weighted by molar-refractivity contribution is -0.113. The molecule has 0 radical (unpaired) electrons. The zero-order valence-corrected chi connectivity index (χ0v) is 11.2. The van der Waals surface area contributed by atoms with Gasteiger partial charge in [-0.05, 0) is 47.2 Å². The van der Waals surface area contributed by atoms with Crippen molar-refractivity contribution in [1.82, 2.24) is 0 Å². The highest BCUT2D eigenvalue weighted by Gasteiger charge is 2.19. The molecular weight excluding hydrogens is 275 g/mol. The van der Waals surface area contributed by atoms with Crippen molar-refractivity contribution < 1.29 is 4.79 Å². The van der Waals surface area contributed by atoms with Crippen molar-refractivity contribution in [1.29, 1.82) is 0 Å². The van der Waals surface area contributed by atoms with Crippen LogP contribution in [0.4, 0.5) is 0 Å². The summed E-state index contributed by atoms with van der Waals surface area (Å²) >= 11 is 13.2. The fraction of sp³-hybridized carbons (Fsp3) is 0.154. The maximum atomic E-state index is 11.5. The van der Waals surface area contributed by atoms with E-state index in [-0.39, 0.29) is 11.2 Å². The van der Waals surface area contributed by atoms with Crippen LogP contribution in [0.25, 0.3) is 0 Å². The summed E-state index contributed by atoms with van der Waals surface area (Å²) in [7, 11) is 0. The molecule has 0 spiro atoms. The van der Waals surface area contributed by atoms with Crippen molar-refractivity contribution in [2.75, 3.05) is 0 Å². The standard InChI is InChI=1S/C13H10Cl2OS/c14-10-4-1-3-9(7-10)12(13(15)16)8-11-5-2-6-17-11/h1-7,12H,8H2. The molecule has 0 aliphatic rings. The van der Waals surface area contributed by atoms with E-state index in [1.54, 1.807) is 23.5 Å². The minimum Gasteiger partial charge on any atom is -0.281 e. The predicted molar refractivity (Wildman–Crippen MR) is 73.1 cm³/mol. The van der Waals surface area contributed by atoms with E-state index >= 15 is 0 Å². The molecule has 0 saturated heterocycles. The normalized spacial score (nSPS) is 12.4. The average Bonchev–Trinajstić information content (AvgIpc) is 2.78. The Morgan fingerprint density at radius 1 is 1.29 bits per heavy atom. The second-order valence-corrected chi connectivity index (χ2v) is 5.54. The Morgan fingerprint density at radius 3 is 2.71 bits per heavy atom. The highest BCUT2D eigenvalue weighted by Crippen LogP contribution is 2.27. The summed E-state index contributed by atoms with van der Waals surface area (Å²) in [6.07, 6.45) is 0.625. The zero-order valence-electron chi connectivity index (χ0n) is 8.90. The fourth-order valence-corrected chi connectivity index (χ4v) is 2.84. The van der Waals surface area contributed by atoms with Gasteiger partial charge in [-0.25, -0.2) is 0 Å². The van der Waals surface area contributed by atoms with Crippen LogP contribution in [0.15, 0.2) is 41.8 Å². The summed E-state index contributed by atoms with van der Waals surface area (Å²) in [5.41, 5.74) is 0.867. The summed E-state index contributed by atoms with van der Waals surface area (Å²) in [4.78, 5) is 12.7. The Bertz CT molecular complexity index is 508. The van der Waals surface area contributed by atoms with Crippen molar-refractivity contribution in [2.45, 2.75) is 12.3 Å². The number of halogens is 2. The lowest BCUT2D eigenvalue weighted by Gasteiger charge is -2.12. The van der Waals surface area contributed by atoms with Gasteiger partial charge in [0.05, 0.1) is 5.92 Å². The van der Waals surface area contributed by atoms with Gasteiger partial charge in [0.2, 0.25) is 5.24 Å². The maximum absolute atomic E-state index is 11.5. The second-order valence-electron chi connectivity index (χ2n) is 3.70. The van der Waals surface area contributed by atoms with Crippen LogP contribution in [0.2, 0.25) is 5.02 Å². The topological polar surface area (TPSA) is 17.1 Å². The molecule has 88 valence electrons. The quantitative estimate of drug-likeness (QED) is 0.756. The van der Waals surface area contributed by atoms with Gasteiger partial charge in [-0.3, -0.25) is 4.79 Å². The molecule has 0 N–H and O–H groups in total. The Balaban J connectivity index is 2.26. The van der Waals surface area contributed by atoms with Gasteiger partial charge >= 0.3 is 0 Å². The molecule has 0 aliphatic carbocycles. The first kappa shape index (κ1) is 12.6. The van der Waals surface area contributed by atoms with E-state index in [0.29, 0.717) is 11.4 Å². The third-order valence-corrected chi connectivity index (χ3v) is 3.91. The molecule has 0 saturated carbocycles. The first-order chi connectivity index (χ1) is 8.16. The molecule has 0 bridgehead atoms. The van der Waals surface area contributed by atoms with Gasteiger partial charge in [-0.2, -0.15) is 0 Å². The monoisotopic (exact) mass is 284 g/mol. The summed E-state index contributed by atoms with van der Waals surface area (Å²) in [6.45, 7) is 0. The number of thiophene rings is 1. The third-order valence-electron chi connectivity index (χ3n) is 2.51. The van der Waals surface area contributed by atoms with Gasteiger partial charge in [0, 0.05) is 9.90 Å². The van der Waals surface area contributed by atoms with Crippen molar-refractivity contribution in [2.24, 2.45) is 0 Å². The molecule has 0 fully saturated rings. The molecule has 2 aromatic rings. The lowest BCUT2D eigenvalue weighted by Crippen LogP contribution is -2.09. The Morgan fingerprint density at radius 2 is 2.12 bits per heavy atom. The van der Waals surface area contributed by atoms with Crippen LogP contribution in [-0.2, 0) is 11.2 Å². The summed E-state index contributed by atoms with van der Waals surface area (Å²) in [5.74, 6) is -0.325. The van der Waals surface area contributed by atoms with Crippen LogP contribution >= 0.6 is 34.5 Å². The third kappa shape index (κ3) is 3.32. The van der Waals surface area contributed by atoms with Gasteiger partial charge in [0.15, 0.2) is 0 Å². The molecule has 0 aliphatic heterocycles. The van der Waals surface area contributed by atoms with E-state index in [1.807, 2.05) is 29.6 Å². The summed E-state index contributed by atoms with van der Waals surface area (Å²) in [5, 5.41) is 2.26. The number of rotatable bonds is 4. The van der Waals surface area contributed by atoms with Crippen LogP contribution in [0.1, 0.15) is 16.4 Å². The zero-order chi connectivity index (χ0) is 12.3. The summed E-state index contributed by atoms with van der Waals surface area (Å²) < 4.78 is 0. The Hall–Kier alpha value is -0.830. The van der Waals surface area contributed by atoms with E-state index in [9.17, 15) is 4.79 Å². The van der Waals surface area contributed by atoms with E-state index < -0.39 is 0 Å². The Kier molecular flexibility index (Phi) is 4.21. The molecule has 1 heterocycles. The highest BCUT2D eigenvalue weighted by molar-refractivity contribution is 7.09. The van der Waals surface area contributed by atoms with Crippen molar-refractivity contribution in [3.8, 4) is 0 Å². The van der Waals surface area contributed by atoms with Crippen LogP contribution in [0, 0.1) is 0 Å². The molecule has 1 aromatic carbocycles. The van der Waals surface area contributed by atoms with Crippen LogP contribution in [0.3, 0.4) is 0 Å². The van der Waals surface area contributed by atoms with Gasteiger partial charge < -0.3 is 0 Å². The van der Waals surface area contributed by atoms with E-state index in [4.69, 9.17) is 23.2 Å². The molecular formula is C13H10Cl2OS. The smallest absolute Gasteiger partial charge is 0.229 e. The lowest BCUT2D eigenvalue weighted by atomic mass is 9.96. The van der Waals surface area contributed by atoms with Crippen molar-refractivity contribution >= 4 is 39.8 Å². The largest absolute Gasteiger partial charge is 0.281 e. The molecule has 1 unspecified atom stereocenters. The number of carbonyl (C=O) groups is 1. The first-order valence-electron chi connectivity index (χ1n) is 5.14. The first-order valence-corrected chi connectivity index (χ1v) is 6.77. The second kappa shape index (κ2) is 5.67.